The van der Waals surface area contributed by atoms with Gasteiger partial charge < -0.3 is 4.90 Å². The summed E-state index contributed by atoms with van der Waals surface area (Å²) in [5.74, 6) is 0. The van der Waals surface area contributed by atoms with Gasteiger partial charge in [0.1, 0.15) is 0 Å². The molecule has 1 spiro atoms. The fourth-order valence-corrected chi connectivity index (χ4v) is 11.8. The predicted octanol–water partition coefficient (Wildman–Crippen LogP) is 16.1. The van der Waals surface area contributed by atoms with Gasteiger partial charge in [-0.05, 0) is 136 Å². The molecule has 4 aliphatic carbocycles. The minimum Gasteiger partial charge on any atom is -0.310 e. The van der Waals surface area contributed by atoms with Gasteiger partial charge in [0, 0.05) is 16.9 Å². The monoisotopic (exact) mass is 783 g/mol. The van der Waals surface area contributed by atoms with E-state index < -0.39 is 5.41 Å². The third-order valence-electron chi connectivity index (χ3n) is 14.2. The van der Waals surface area contributed by atoms with Crippen LogP contribution in [0.15, 0.2) is 224 Å². The van der Waals surface area contributed by atoms with Gasteiger partial charge in [-0.3, -0.25) is 0 Å². The first kappa shape index (κ1) is 33.8. The summed E-state index contributed by atoms with van der Waals surface area (Å²) in [6, 6.07) is 84.3. The van der Waals surface area contributed by atoms with Crippen molar-refractivity contribution in [3.8, 4) is 89.0 Å². The molecule has 0 aliphatic heterocycles. The Morgan fingerprint density at radius 3 is 1.26 bits per heavy atom. The number of rotatable bonds is 4. The van der Waals surface area contributed by atoms with Crippen LogP contribution < -0.4 is 4.90 Å². The first-order chi connectivity index (χ1) is 30.8. The average Bonchev–Trinajstić information content (AvgIpc) is 3.77. The molecule has 14 rings (SSSR count). The molecule has 10 aromatic carbocycles. The van der Waals surface area contributed by atoms with Gasteiger partial charge in [-0.1, -0.05) is 194 Å². The van der Waals surface area contributed by atoms with Crippen molar-refractivity contribution in [3.05, 3.63) is 247 Å². The molecule has 0 N–H and O–H groups in total. The molecule has 0 heterocycles. The van der Waals surface area contributed by atoms with Crippen molar-refractivity contribution in [2.24, 2.45) is 0 Å². The van der Waals surface area contributed by atoms with Gasteiger partial charge in [-0.2, -0.15) is 0 Å². The second kappa shape index (κ2) is 12.5. The van der Waals surface area contributed by atoms with E-state index in [2.05, 4.69) is 229 Å². The quantitative estimate of drug-likeness (QED) is 0.172. The SMILES string of the molecule is c1ccc(-c2ccccc2N(c2ccc3c(c2)-c2c4cccc2-c2cccc-3c2-c2ccccc2-4)c2ccc3c(c2)C2(c4ccccc4-c4ccccc42)c2ccccc2-3)cc1. The molecule has 1 nitrogen and oxygen atoms in total. The van der Waals surface area contributed by atoms with Crippen molar-refractivity contribution in [1.82, 2.24) is 0 Å². The Kier molecular flexibility index (Phi) is 6.82. The summed E-state index contributed by atoms with van der Waals surface area (Å²) in [6.45, 7) is 0. The molecule has 0 saturated heterocycles. The lowest BCUT2D eigenvalue weighted by atomic mass is 9.70. The zero-order chi connectivity index (χ0) is 40.5. The van der Waals surface area contributed by atoms with Gasteiger partial charge in [0.05, 0.1) is 11.1 Å². The minimum atomic E-state index is -0.452. The molecule has 10 aromatic rings. The molecule has 0 saturated carbocycles. The number of hydrogen-bond donors (Lipinski definition) is 0. The summed E-state index contributed by atoms with van der Waals surface area (Å²) in [5, 5.41) is 0. The summed E-state index contributed by atoms with van der Waals surface area (Å²) in [7, 11) is 0. The zero-order valence-corrected chi connectivity index (χ0v) is 33.8. The Morgan fingerprint density at radius 2 is 0.645 bits per heavy atom. The van der Waals surface area contributed by atoms with E-state index in [-0.39, 0.29) is 0 Å². The highest BCUT2D eigenvalue weighted by Crippen LogP contribution is 2.64. The second-order valence-corrected chi connectivity index (χ2v) is 17.1. The van der Waals surface area contributed by atoms with Gasteiger partial charge in [-0.15, -0.1) is 0 Å². The van der Waals surface area contributed by atoms with Crippen molar-refractivity contribution >= 4 is 17.1 Å². The van der Waals surface area contributed by atoms with Crippen molar-refractivity contribution in [2.75, 3.05) is 4.90 Å². The van der Waals surface area contributed by atoms with E-state index in [0.717, 1.165) is 17.1 Å². The Labute approximate surface area is 361 Å². The molecule has 286 valence electrons. The maximum absolute atomic E-state index is 2.52. The molecule has 0 unspecified atom stereocenters. The van der Waals surface area contributed by atoms with E-state index in [1.165, 1.54) is 111 Å². The van der Waals surface area contributed by atoms with Crippen LogP contribution in [-0.2, 0) is 5.41 Å². The van der Waals surface area contributed by atoms with Crippen LogP contribution in [0.25, 0.3) is 89.0 Å². The number of para-hydroxylation sites is 1. The molecule has 0 fully saturated rings. The first-order valence-corrected chi connectivity index (χ1v) is 21.7. The second-order valence-electron chi connectivity index (χ2n) is 17.1. The predicted molar refractivity (Wildman–Crippen MR) is 257 cm³/mol. The number of fused-ring (bicyclic) bond motifs is 14. The van der Waals surface area contributed by atoms with Gasteiger partial charge >= 0.3 is 0 Å². The third kappa shape index (κ3) is 4.32. The zero-order valence-electron chi connectivity index (χ0n) is 33.8. The van der Waals surface area contributed by atoms with Crippen LogP contribution in [0.4, 0.5) is 17.1 Å². The van der Waals surface area contributed by atoms with Crippen LogP contribution in [0.1, 0.15) is 22.3 Å². The van der Waals surface area contributed by atoms with Gasteiger partial charge in [0.25, 0.3) is 0 Å². The molecule has 4 aliphatic rings. The molecule has 62 heavy (non-hydrogen) atoms. The van der Waals surface area contributed by atoms with E-state index in [1.807, 2.05) is 0 Å². The van der Waals surface area contributed by atoms with E-state index in [1.54, 1.807) is 0 Å². The molecule has 0 radical (unpaired) electrons. The lowest BCUT2D eigenvalue weighted by Gasteiger charge is -2.33. The highest BCUT2D eigenvalue weighted by Gasteiger charge is 2.51. The van der Waals surface area contributed by atoms with Crippen LogP contribution in [0, 0.1) is 0 Å². The van der Waals surface area contributed by atoms with Crippen molar-refractivity contribution < 1.29 is 0 Å². The first-order valence-electron chi connectivity index (χ1n) is 21.7. The van der Waals surface area contributed by atoms with E-state index in [0.29, 0.717) is 0 Å². The normalized spacial score (nSPS) is 13.3. The van der Waals surface area contributed by atoms with Crippen molar-refractivity contribution in [2.45, 2.75) is 5.41 Å². The molecule has 0 atom stereocenters. The molecular weight excluding hydrogens is 747 g/mol. The molecule has 1 heteroatoms. The van der Waals surface area contributed by atoms with Gasteiger partial charge in [-0.25, -0.2) is 0 Å². The maximum atomic E-state index is 2.52. The molecular formula is C61H37N. The van der Waals surface area contributed by atoms with Crippen LogP contribution >= 0.6 is 0 Å². The minimum absolute atomic E-state index is 0.452. The van der Waals surface area contributed by atoms with Gasteiger partial charge in [0.15, 0.2) is 0 Å². The lowest BCUT2D eigenvalue weighted by Crippen LogP contribution is -2.26. The Bertz CT molecular complexity index is 3450. The third-order valence-corrected chi connectivity index (χ3v) is 14.2. The Balaban J connectivity index is 1.06. The number of benzene rings is 10. The number of anilines is 3. The highest BCUT2D eigenvalue weighted by molar-refractivity contribution is 6.15. The maximum Gasteiger partial charge on any atom is 0.0726 e. The fourth-order valence-electron chi connectivity index (χ4n) is 11.8. The summed E-state index contributed by atoms with van der Waals surface area (Å²) in [4.78, 5) is 2.52. The van der Waals surface area contributed by atoms with Crippen LogP contribution in [-0.4, -0.2) is 0 Å². The molecule has 0 amide bonds. The van der Waals surface area contributed by atoms with Gasteiger partial charge in [0.2, 0.25) is 0 Å². The Hall–Kier alpha value is -8.00. The number of hydrogen-bond acceptors (Lipinski definition) is 1. The lowest BCUT2D eigenvalue weighted by molar-refractivity contribution is 0.793. The highest BCUT2D eigenvalue weighted by atomic mass is 15.1. The van der Waals surface area contributed by atoms with E-state index in [4.69, 9.17) is 0 Å². The van der Waals surface area contributed by atoms with E-state index >= 15 is 0 Å². The summed E-state index contributed by atoms with van der Waals surface area (Å²) in [6.07, 6.45) is 0. The van der Waals surface area contributed by atoms with Crippen LogP contribution in [0.5, 0.6) is 0 Å². The smallest absolute Gasteiger partial charge is 0.0726 e. The summed E-state index contributed by atoms with van der Waals surface area (Å²) in [5.41, 5.74) is 28.8. The largest absolute Gasteiger partial charge is 0.310 e. The average molecular weight is 784 g/mol. The van der Waals surface area contributed by atoms with Crippen molar-refractivity contribution in [1.29, 1.82) is 0 Å². The van der Waals surface area contributed by atoms with Crippen molar-refractivity contribution in [3.63, 3.8) is 0 Å². The summed E-state index contributed by atoms with van der Waals surface area (Å²) < 4.78 is 0. The van der Waals surface area contributed by atoms with Crippen LogP contribution in [0.2, 0.25) is 0 Å². The Morgan fingerprint density at radius 1 is 0.242 bits per heavy atom. The standard InChI is InChI=1S/C61H37N/c1-2-16-38(17-3-1)41-18-9-13-31-58(41)62(39-32-34-43-50-25-15-26-51-52-27-14-24-49(60(52)53(43)36-39)42-19-4-5-23-48(42)59(50)51)40-33-35-47-46-22-8-12-30-56(46)61(57(47)37-40)54-28-10-6-20-44(54)45-21-7-11-29-55(45)61/h1-37H. The number of nitrogens with zero attached hydrogens (tertiary/aromatic N) is 1. The van der Waals surface area contributed by atoms with Crippen LogP contribution in [0.3, 0.4) is 0 Å². The van der Waals surface area contributed by atoms with E-state index in [9.17, 15) is 0 Å². The fraction of sp³-hybridized carbons (Fsp3) is 0.0164. The topological polar surface area (TPSA) is 3.24 Å². The molecule has 6 bridgehead atoms. The molecule has 0 aromatic heterocycles. The summed E-state index contributed by atoms with van der Waals surface area (Å²) >= 11 is 0.